The zero-order valence-corrected chi connectivity index (χ0v) is 42.7. The molecule has 0 atom stereocenters. The number of thiophene rings is 1. The fourth-order valence-electron chi connectivity index (χ4n) is 10.9. The minimum atomic E-state index is -0.0244. The topological polar surface area (TPSA) is 3.24 Å². The second-order valence-corrected chi connectivity index (χ2v) is 22.3. The molecule has 72 heavy (non-hydrogen) atoms. The summed E-state index contributed by atoms with van der Waals surface area (Å²) in [6.45, 7) is 14.0. The average molecular weight is 944 g/mol. The van der Waals surface area contributed by atoms with Crippen LogP contribution in [0.3, 0.4) is 0 Å². The molecule has 1 heterocycles. The van der Waals surface area contributed by atoms with Crippen LogP contribution in [0.15, 0.2) is 237 Å². The standard InChI is InChI=1S/C70H57NS/c1-69(2,3)50-43-49(44-51(45-50)70(4,5)6)53-34-19-26-48-28-21-36-59(67(48)53)55-30-11-15-40-63(55)71(64-41-16-12-31-56(64)60-37-22-38-61-57-32-13-17-42-65(57)72-68(60)61)62-39-14-10-29-54(62)58-35-20-27-47-25-18-33-52(66(47)58)46-23-8-7-9-24-46/h7-45H,1-6H3. The molecule has 0 amide bonds. The molecule has 1 aromatic heterocycles. The monoisotopic (exact) mass is 943 g/mol. The molecule has 12 aromatic rings. The van der Waals surface area contributed by atoms with Gasteiger partial charge in [0.25, 0.3) is 0 Å². The van der Waals surface area contributed by atoms with E-state index in [9.17, 15) is 0 Å². The molecule has 0 radical (unpaired) electrons. The number of benzene rings is 11. The van der Waals surface area contributed by atoms with Crippen molar-refractivity contribution in [1.82, 2.24) is 0 Å². The van der Waals surface area contributed by atoms with Gasteiger partial charge in [0.2, 0.25) is 0 Å². The fourth-order valence-corrected chi connectivity index (χ4v) is 12.1. The Balaban J connectivity index is 1.16. The van der Waals surface area contributed by atoms with Gasteiger partial charge in [0, 0.05) is 42.4 Å². The van der Waals surface area contributed by atoms with Gasteiger partial charge in [0.05, 0.1) is 17.1 Å². The van der Waals surface area contributed by atoms with Crippen molar-refractivity contribution in [2.45, 2.75) is 52.4 Å². The van der Waals surface area contributed by atoms with Crippen LogP contribution in [0.2, 0.25) is 0 Å². The number of rotatable bonds is 8. The summed E-state index contributed by atoms with van der Waals surface area (Å²) < 4.78 is 2.59. The van der Waals surface area contributed by atoms with Crippen molar-refractivity contribution in [3.8, 4) is 55.6 Å². The molecule has 0 aliphatic rings. The highest BCUT2D eigenvalue weighted by Crippen LogP contribution is 2.52. The normalized spacial score (nSPS) is 12.0. The van der Waals surface area contributed by atoms with Gasteiger partial charge in [-0.1, -0.05) is 254 Å². The van der Waals surface area contributed by atoms with E-state index in [4.69, 9.17) is 0 Å². The van der Waals surface area contributed by atoms with Crippen molar-refractivity contribution in [1.29, 1.82) is 0 Å². The summed E-state index contributed by atoms with van der Waals surface area (Å²) in [5.41, 5.74) is 18.0. The fraction of sp³-hybridized carbons (Fsp3) is 0.114. The van der Waals surface area contributed by atoms with Gasteiger partial charge in [-0.05, 0) is 101 Å². The third-order valence-corrected chi connectivity index (χ3v) is 15.8. The molecule has 2 heteroatoms. The van der Waals surface area contributed by atoms with Crippen molar-refractivity contribution in [3.05, 3.63) is 248 Å². The summed E-state index contributed by atoms with van der Waals surface area (Å²) in [5.74, 6) is 0. The van der Waals surface area contributed by atoms with Crippen molar-refractivity contribution in [2.24, 2.45) is 0 Å². The van der Waals surface area contributed by atoms with Crippen LogP contribution < -0.4 is 4.90 Å². The Morgan fingerprint density at radius 2 is 0.694 bits per heavy atom. The van der Waals surface area contributed by atoms with Crippen molar-refractivity contribution < 1.29 is 0 Å². The minimum Gasteiger partial charge on any atom is -0.309 e. The van der Waals surface area contributed by atoms with Gasteiger partial charge < -0.3 is 4.90 Å². The van der Waals surface area contributed by atoms with Crippen LogP contribution in [0, 0.1) is 0 Å². The molecular weight excluding hydrogens is 887 g/mol. The first-order valence-electron chi connectivity index (χ1n) is 25.3. The molecule has 348 valence electrons. The molecule has 0 saturated carbocycles. The lowest BCUT2D eigenvalue weighted by Gasteiger charge is -2.32. The van der Waals surface area contributed by atoms with Crippen LogP contribution in [0.4, 0.5) is 17.1 Å². The SMILES string of the molecule is CC(C)(C)c1cc(-c2cccc3cccc(-c4ccccc4N(c4ccccc4-c4cccc5c4sc4ccccc45)c4ccccc4-c4cccc5cccc(-c6ccccc6)c45)c23)cc(C(C)(C)C)c1. The maximum Gasteiger partial charge on any atom is 0.0541 e. The summed E-state index contributed by atoms with van der Waals surface area (Å²) >= 11 is 1.88. The Hall–Kier alpha value is -8.04. The van der Waals surface area contributed by atoms with Crippen LogP contribution >= 0.6 is 11.3 Å². The van der Waals surface area contributed by atoms with Gasteiger partial charge in [0.1, 0.15) is 0 Å². The van der Waals surface area contributed by atoms with Gasteiger partial charge in [-0.15, -0.1) is 11.3 Å². The van der Waals surface area contributed by atoms with E-state index in [2.05, 4.69) is 283 Å². The summed E-state index contributed by atoms with van der Waals surface area (Å²) in [6, 6.07) is 88.2. The number of para-hydroxylation sites is 3. The van der Waals surface area contributed by atoms with Gasteiger partial charge in [0.15, 0.2) is 0 Å². The number of hydrogen-bond donors (Lipinski definition) is 0. The quantitative estimate of drug-likeness (QED) is 0.147. The zero-order valence-electron chi connectivity index (χ0n) is 41.9. The smallest absolute Gasteiger partial charge is 0.0541 e. The number of hydrogen-bond acceptors (Lipinski definition) is 2. The van der Waals surface area contributed by atoms with Crippen LogP contribution in [0.25, 0.3) is 97.4 Å². The van der Waals surface area contributed by atoms with Gasteiger partial charge in [-0.25, -0.2) is 0 Å². The van der Waals surface area contributed by atoms with Gasteiger partial charge in [-0.3, -0.25) is 0 Å². The lowest BCUT2D eigenvalue weighted by atomic mass is 9.78. The molecule has 0 aliphatic carbocycles. The number of nitrogens with zero attached hydrogens (tertiary/aromatic N) is 1. The third kappa shape index (κ3) is 7.97. The highest BCUT2D eigenvalue weighted by molar-refractivity contribution is 7.26. The second kappa shape index (κ2) is 18.0. The molecule has 0 saturated heterocycles. The van der Waals surface area contributed by atoms with E-state index in [1.165, 1.54) is 97.4 Å². The molecule has 11 aromatic carbocycles. The van der Waals surface area contributed by atoms with E-state index in [1.807, 2.05) is 11.3 Å². The first-order valence-corrected chi connectivity index (χ1v) is 26.1. The zero-order chi connectivity index (χ0) is 49.1. The Bertz CT molecular complexity index is 3970. The largest absolute Gasteiger partial charge is 0.309 e. The van der Waals surface area contributed by atoms with E-state index < -0.39 is 0 Å². The maximum atomic E-state index is 2.56. The predicted octanol–water partition coefficient (Wildman–Crippen LogP) is 20.8. The molecule has 0 N–H and O–H groups in total. The molecule has 0 spiro atoms. The van der Waals surface area contributed by atoms with Crippen LogP contribution in [-0.4, -0.2) is 0 Å². The molecule has 1 nitrogen and oxygen atoms in total. The van der Waals surface area contributed by atoms with E-state index in [0.717, 1.165) is 28.2 Å². The second-order valence-electron chi connectivity index (χ2n) is 21.3. The first-order chi connectivity index (χ1) is 35.0. The van der Waals surface area contributed by atoms with Crippen molar-refractivity contribution in [2.75, 3.05) is 4.90 Å². The Morgan fingerprint density at radius 1 is 0.306 bits per heavy atom. The third-order valence-electron chi connectivity index (χ3n) is 14.6. The predicted molar refractivity (Wildman–Crippen MR) is 314 cm³/mol. The Labute approximate surface area is 428 Å². The molecular formula is C70H57NS. The Kier molecular flexibility index (Phi) is 11.3. The minimum absolute atomic E-state index is 0.0244. The van der Waals surface area contributed by atoms with Crippen molar-refractivity contribution in [3.63, 3.8) is 0 Å². The van der Waals surface area contributed by atoms with Crippen LogP contribution in [0.5, 0.6) is 0 Å². The lowest BCUT2D eigenvalue weighted by molar-refractivity contribution is 0.569. The summed E-state index contributed by atoms with van der Waals surface area (Å²) in [7, 11) is 0. The van der Waals surface area contributed by atoms with Gasteiger partial charge >= 0.3 is 0 Å². The first kappa shape index (κ1) is 45.1. The van der Waals surface area contributed by atoms with E-state index in [-0.39, 0.29) is 10.8 Å². The van der Waals surface area contributed by atoms with Crippen molar-refractivity contribution >= 4 is 70.1 Å². The molecule has 0 aliphatic heterocycles. The number of anilines is 3. The highest BCUT2D eigenvalue weighted by atomic mass is 32.1. The van der Waals surface area contributed by atoms with Crippen LogP contribution in [-0.2, 0) is 10.8 Å². The summed E-state index contributed by atoms with van der Waals surface area (Å²) in [6.07, 6.45) is 0. The summed E-state index contributed by atoms with van der Waals surface area (Å²) in [5, 5.41) is 7.49. The number of fused-ring (bicyclic) bond motifs is 5. The lowest BCUT2D eigenvalue weighted by Crippen LogP contribution is -2.16. The molecule has 0 fully saturated rings. The Morgan fingerprint density at radius 3 is 1.22 bits per heavy atom. The maximum absolute atomic E-state index is 2.56. The van der Waals surface area contributed by atoms with E-state index in [0.29, 0.717) is 0 Å². The summed E-state index contributed by atoms with van der Waals surface area (Å²) in [4.78, 5) is 2.56. The highest BCUT2D eigenvalue weighted by Gasteiger charge is 2.27. The molecule has 0 bridgehead atoms. The molecule has 0 unspecified atom stereocenters. The van der Waals surface area contributed by atoms with Gasteiger partial charge in [-0.2, -0.15) is 0 Å². The average Bonchev–Trinajstić information content (AvgIpc) is 3.80. The van der Waals surface area contributed by atoms with E-state index >= 15 is 0 Å². The molecule has 12 rings (SSSR count). The van der Waals surface area contributed by atoms with Crippen LogP contribution in [0.1, 0.15) is 52.7 Å². The van der Waals surface area contributed by atoms with E-state index in [1.54, 1.807) is 0 Å².